The first-order chi connectivity index (χ1) is 11.3. The molecule has 0 atom stereocenters. The van der Waals surface area contributed by atoms with E-state index < -0.39 is 0 Å². The monoisotopic (exact) mass is 347 g/mol. The lowest BCUT2D eigenvalue weighted by molar-refractivity contribution is -0.113. The van der Waals surface area contributed by atoms with Crippen molar-refractivity contribution in [2.45, 2.75) is 11.7 Å². The van der Waals surface area contributed by atoms with Gasteiger partial charge >= 0.3 is 0 Å². The van der Waals surface area contributed by atoms with E-state index in [1.807, 2.05) is 10.6 Å². The van der Waals surface area contributed by atoms with E-state index in [0.29, 0.717) is 28.4 Å². The molecule has 0 aromatic carbocycles. The molecule has 1 N–H and O–H groups in total. The van der Waals surface area contributed by atoms with Crippen LogP contribution in [0.15, 0.2) is 52.2 Å². The Balaban J connectivity index is 1.70. The van der Waals surface area contributed by atoms with Gasteiger partial charge in [0.1, 0.15) is 0 Å². The minimum Gasteiger partial charge on any atom is -0.461 e. The Labute approximate surface area is 140 Å². The average Bonchev–Trinajstić information content (AvgIpc) is 3.27. The fraction of sp³-hybridized carbons (Fsp3) is 0.143. The van der Waals surface area contributed by atoms with Crippen LogP contribution in [0.1, 0.15) is 0 Å². The number of nitrogens with zero attached hydrogens (tertiary/aromatic N) is 4. The number of allylic oxidation sites excluding steroid dienone is 1. The molecule has 0 aliphatic rings. The highest BCUT2D eigenvalue weighted by Gasteiger charge is 2.16. The number of hydrogen-bond acceptors (Lipinski definition) is 7. The van der Waals surface area contributed by atoms with Gasteiger partial charge in [0, 0.05) is 18.1 Å². The van der Waals surface area contributed by atoms with Crippen molar-refractivity contribution in [3.8, 4) is 11.6 Å². The highest BCUT2D eigenvalue weighted by Crippen LogP contribution is 2.24. The summed E-state index contributed by atoms with van der Waals surface area (Å²) in [5.41, 5.74) is 0. The van der Waals surface area contributed by atoms with Gasteiger partial charge in [0.15, 0.2) is 16.0 Å². The van der Waals surface area contributed by atoms with Gasteiger partial charge in [0.25, 0.3) is 0 Å². The fourth-order valence-corrected chi connectivity index (χ4v) is 3.14. The zero-order chi connectivity index (χ0) is 16.1. The van der Waals surface area contributed by atoms with E-state index in [0.717, 1.165) is 0 Å². The summed E-state index contributed by atoms with van der Waals surface area (Å²) in [7, 11) is 0. The number of thioether (sulfide) groups is 1. The van der Waals surface area contributed by atoms with Crippen LogP contribution >= 0.6 is 23.1 Å². The predicted molar refractivity (Wildman–Crippen MR) is 89.4 cm³/mol. The summed E-state index contributed by atoms with van der Waals surface area (Å²) in [5, 5.41) is 14.0. The first kappa shape index (κ1) is 15.5. The molecule has 0 aliphatic heterocycles. The molecule has 1 amide bonds. The molecule has 3 rings (SSSR count). The van der Waals surface area contributed by atoms with Crippen molar-refractivity contribution in [2.75, 3.05) is 11.1 Å². The second-order valence-electron chi connectivity index (χ2n) is 4.36. The minimum absolute atomic E-state index is 0.141. The zero-order valence-corrected chi connectivity index (χ0v) is 13.6. The lowest BCUT2D eigenvalue weighted by atomic mass is 10.4. The second-order valence-corrected chi connectivity index (χ2v) is 6.19. The van der Waals surface area contributed by atoms with Gasteiger partial charge in [0.05, 0.1) is 12.0 Å². The van der Waals surface area contributed by atoms with E-state index in [1.165, 1.54) is 23.1 Å². The summed E-state index contributed by atoms with van der Waals surface area (Å²) in [6, 6.07) is 3.60. The normalized spacial score (nSPS) is 10.6. The predicted octanol–water partition coefficient (Wildman–Crippen LogP) is 2.91. The minimum atomic E-state index is -0.141. The first-order valence-corrected chi connectivity index (χ1v) is 8.54. The highest BCUT2D eigenvalue weighted by atomic mass is 32.2. The van der Waals surface area contributed by atoms with E-state index in [9.17, 15) is 4.79 Å². The molecular formula is C14H13N5O2S2. The highest BCUT2D eigenvalue weighted by molar-refractivity contribution is 7.99. The van der Waals surface area contributed by atoms with E-state index in [1.54, 1.807) is 30.0 Å². The van der Waals surface area contributed by atoms with Gasteiger partial charge in [-0.2, -0.15) is 0 Å². The first-order valence-electron chi connectivity index (χ1n) is 6.68. The third kappa shape index (κ3) is 3.69. The molecule has 0 saturated heterocycles. The Kier molecular flexibility index (Phi) is 4.89. The van der Waals surface area contributed by atoms with E-state index in [-0.39, 0.29) is 11.7 Å². The molecule has 9 heteroatoms. The van der Waals surface area contributed by atoms with Crippen molar-refractivity contribution >= 4 is 34.1 Å². The van der Waals surface area contributed by atoms with Crippen LogP contribution in [0.4, 0.5) is 5.13 Å². The standard InChI is InChI=1S/C14H13N5O2S2/c1-2-6-19-12(10-4-3-7-21-10)17-18-14(19)23-9-11(20)16-13-15-5-8-22-13/h2-5,7-8H,1,6,9H2,(H,15,16,20). The van der Waals surface area contributed by atoms with Crippen molar-refractivity contribution in [3.05, 3.63) is 42.6 Å². The molecule has 118 valence electrons. The maximum atomic E-state index is 11.9. The van der Waals surface area contributed by atoms with Gasteiger partial charge in [-0.25, -0.2) is 4.98 Å². The van der Waals surface area contributed by atoms with Crippen molar-refractivity contribution in [1.82, 2.24) is 19.7 Å². The Morgan fingerprint density at radius 1 is 1.52 bits per heavy atom. The molecule has 7 nitrogen and oxygen atoms in total. The second kappa shape index (κ2) is 7.25. The number of aromatic nitrogens is 4. The number of furan rings is 1. The molecule has 3 heterocycles. The van der Waals surface area contributed by atoms with Crippen LogP contribution in [0.3, 0.4) is 0 Å². The van der Waals surface area contributed by atoms with Crippen molar-refractivity contribution < 1.29 is 9.21 Å². The largest absolute Gasteiger partial charge is 0.461 e. The Morgan fingerprint density at radius 3 is 3.13 bits per heavy atom. The molecule has 0 bridgehead atoms. The van der Waals surface area contributed by atoms with Crippen LogP contribution in [0.2, 0.25) is 0 Å². The average molecular weight is 347 g/mol. The summed E-state index contributed by atoms with van der Waals surface area (Å²) in [5.74, 6) is 1.31. The van der Waals surface area contributed by atoms with Crippen LogP contribution in [0, 0.1) is 0 Å². The van der Waals surface area contributed by atoms with Gasteiger partial charge in [-0.3, -0.25) is 9.36 Å². The topological polar surface area (TPSA) is 85.8 Å². The molecule has 0 aliphatic carbocycles. The number of hydrogen-bond donors (Lipinski definition) is 1. The molecule has 0 fully saturated rings. The van der Waals surface area contributed by atoms with E-state index in [4.69, 9.17) is 4.42 Å². The lowest BCUT2D eigenvalue weighted by Crippen LogP contribution is -2.14. The van der Waals surface area contributed by atoms with Gasteiger partial charge in [0.2, 0.25) is 11.7 Å². The number of thiazole rings is 1. The summed E-state index contributed by atoms with van der Waals surface area (Å²) >= 11 is 2.68. The zero-order valence-electron chi connectivity index (χ0n) is 12.0. The van der Waals surface area contributed by atoms with Crippen LogP contribution in [0.25, 0.3) is 11.6 Å². The van der Waals surface area contributed by atoms with Crippen LogP contribution < -0.4 is 5.32 Å². The summed E-state index contributed by atoms with van der Waals surface area (Å²) in [4.78, 5) is 15.9. The SMILES string of the molecule is C=CCn1c(SCC(=O)Nc2nccs2)nnc1-c1ccco1. The fourth-order valence-electron chi connectivity index (χ4n) is 1.85. The van der Waals surface area contributed by atoms with Crippen molar-refractivity contribution in [1.29, 1.82) is 0 Å². The van der Waals surface area contributed by atoms with Gasteiger partial charge in [-0.15, -0.1) is 28.1 Å². The van der Waals surface area contributed by atoms with Gasteiger partial charge in [-0.05, 0) is 12.1 Å². The molecule has 0 radical (unpaired) electrons. The summed E-state index contributed by atoms with van der Waals surface area (Å²) in [6.45, 7) is 4.27. The molecule has 0 saturated carbocycles. The lowest BCUT2D eigenvalue weighted by Gasteiger charge is -2.06. The number of nitrogens with one attached hydrogen (secondary N) is 1. The Bertz CT molecular complexity index is 780. The van der Waals surface area contributed by atoms with Gasteiger partial charge < -0.3 is 9.73 Å². The molecule has 23 heavy (non-hydrogen) atoms. The maximum Gasteiger partial charge on any atom is 0.236 e. The molecule has 3 aromatic rings. The van der Waals surface area contributed by atoms with Crippen molar-refractivity contribution in [3.63, 3.8) is 0 Å². The van der Waals surface area contributed by atoms with Crippen LogP contribution in [0.5, 0.6) is 0 Å². The van der Waals surface area contributed by atoms with Crippen molar-refractivity contribution in [2.24, 2.45) is 0 Å². The Morgan fingerprint density at radius 2 is 2.43 bits per heavy atom. The smallest absolute Gasteiger partial charge is 0.236 e. The number of anilines is 1. The maximum absolute atomic E-state index is 11.9. The number of carbonyl (C=O) groups excluding carboxylic acids is 1. The number of rotatable bonds is 7. The third-order valence-electron chi connectivity index (χ3n) is 2.78. The quantitative estimate of drug-likeness (QED) is 0.522. The molecule has 3 aromatic heterocycles. The van der Waals surface area contributed by atoms with Gasteiger partial charge in [-0.1, -0.05) is 17.8 Å². The summed E-state index contributed by atoms with van der Waals surface area (Å²) in [6.07, 6.45) is 4.97. The summed E-state index contributed by atoms with van der Waals surface area (Å²) < 4.78 is 7.22. The van der Waals surface area contributed by atoms with E-state index >= 15 is 0 Å². The van der Waals surface area contributed by atoms with Crippen LogP contribution in [-0.4, -0.2) is 31.4 Å². The molecular weight excluding hydrogens is 334 g/mol. The Hall–Kier alpha value is -2.39. The molecule has 0 spiro atoms. The third-order valence-corrected chi connectivity index (χ3v) is 4.44. The number of carbonyl (C=O) groups is 1. The molecule has 0 unspecified atom stereocenters. The van der Waals surface area contributed by atoms with Crippen LogP contribution in [-0.2, 0) is 11.3 Å². The number of amides is 1. The van der Waals surface area contributed by atoms with E-state index in [2.05, 4.69) is 27.1 Å².